The van der Waals surface area contributed by atoms with E-state index in [0.29, 0.717) is 12.6 Å². The van der Waals surface area contributed by atoms with Crippen LogP contribution in [0.15, 0.2) is 48.3 Å². The van der Waals surface area contributed by atoms with Gasteiger partial charge in [0.25, 0.3) is 0 Å². The summed E-state index contributed by atoms with van der Waals surface area (Å²) in [4.78, 5) is 23.1. The number of hydrogen-bond acceptors (Lipinski definition) is 4. The van der Waals surface area contributed by atoms with Gasteiger partial charge in [0, 0.05) is 24.5 Å². The quantitative estimate of drug-likeness (QED) is 0.774. The van der Waals surface area contributed by atoms with Crippen molar-refractivity contribution in [2.24, 2.45) is 0 Å². The average molecular weight is 351 g/mol. The Kier molecular flexibility index (Phi) is 6.00. The van der Waals surface area contributed by atoms with Crippen LogP contribution >= 0.6 is 0 Å². The van der Waals surface area contributed by atoms with E-state index in [1.54, 1.807) is 12.4 Å². The Morgan fingerprint density at radius 2 is 2.00 bits per heavy atom. The summed E-state index contributed by atoms with van der Waals surface area (Å²) < 4.78 is 5.90. The van der Waals surface area contributed by atoms with Crippen LogP contribution in [-0.4, -0.2) is 40.0 Å². The topological polar surface area (TPSA) is 55.3 Å². The normalized spacial score (nSPS) is 17.8. The van der Waals surface area contributed by atoms with E-state index in [0.717, 1.165) is 42.5 Å². The molecule has 1 atom stereocenters. The predicted molar refractivity (Wildman–Crippen MR) is 102 cm³/mol. The lowest BCUT2D eigenvalue weighted by Crippen LogP contribution is -2.44. The fourth-order valence-electron chi connectivity index (χ4n) is 3.06. The molecule has 136 valence electrons. The van der Waals surface area contributed by atoms with Crippen LogP contribution in [0.2, 0.25) is 0 Å². The van der Waals surface area contributed by atoms with Gasteiger partial charge in [-0.05, 0) is 43.4 Å². The Morgan fingerprint density at radius 1 is 1.27 bits per heavy atom. The van der Waals surface area contributed by atoms with Gasteiger partial charge in [-0.25, -0.2) is 9.97 Å². The molecule has 1 aromatic heterocycles. The molecular formula is C21H25N3O2. The summed E-state index contributed by atoms with van der Waals surface area (Å²) >= 11 is 0. The monoisotopic (exact) mass is 351 g/mol. The maximum atomic E-state index is 12.8. The second-order valence-corrected chi connectivity index (χ2v) is 6.60. The van der Waals surface area contributed by atoms with Crippen LogP contribution < -0.4 is 4.74 Å². The van der Waals surface area contributed by atoms with Crippen molar-refractivity contribution in [2.45, 2.75) is 39.2 Å². The van der Waals surface area contributed by atoms with Gasteiger partial charge in [-0.1, -0.05) is 37.3 Å². The fraction of sp³-hybridized carbons (Fsp3) is 0.381. The van der Waals surface area contributed by atoms with Crippen LogP contribution in [0, 0.1) is 0 Å². The molecule has 0 radical (unpaired) electrons. The number of aryl methyl sites for hydroxylation is 1. The highest BCUT2D eigenvalue weighted by Gasteiger charge is 2.26. The summed E-state index contributed by atoms with van der Waals surface area (Å²) in [6.45, 7) is 5.26. The van der Waals surface area contributed by atoms with Gasteiger partial charge < -0.3 is 9.64 Å². The first-order valence-corrected chi connectivity index (χ1v) is 9.16. The second kappa shape index (κ2) is 8.61. The van der Waals surface area contributed by atoms with Crippen molar-refractivity contribution in [1.82, 2.24) is 14.9 Å². The van der Waals surface area contributed by atoms with Crippen LogP contribution in [0.1, 0.15) is 37.8 Å². The first-order chi connectivity index (χ1) is 12.7. The molecule has 0 saturated carbocycles. The van der Waals surface area contributed by atoms with Gasteiger partial charge in [0.15, 0.2) is 0 Å². The number of ether oxygens (including phenoxy) is 1. The highest BCUT2D eigenvalue weighted by molar-refractivity contribution is 5.97. The number of carbonyl (C=O) groups is 1. The van der Waals surface area contributed by atoms with Gasteiger partial charge >= 0.3 is 6.01 Å². The zero-order valence-electron chi connectivity index (χ0n) is 15.4. The summed E-state index contributed by atoms with van der Waals surface area (Å²) in [6.07, 6.45) is 8.18. The molecule has 3 rings (SSSR count). The van der Waals surface area contributed by atoms with Crippen LogP contribution in [0.4, 0.5) is 0 Å². The van der Waals surface area contributed by atoms with Crippen LogP contribution in [-0.2, 0) is 11.2 Å². The summed E-state index contributed by atoms with van der Waals surface area (Å²) in [5.41, 5.74) is 2.85. The smallest absolute Gasteiger partial charge is 0.316 e. The van der Waals surface area contributed by atoms with Crippen LogP contribution in [0.3, 0.4) is 0 Å². The molecule has 5 heteroatoms. The van der Waals surface area contributed by atoms with E-state index in [-0.39, 0.29) is 12.0 Å². The van der Waals surface area contributed by atoms with E-state index in [1.807, 2.05) is 48.2 Å². The molecule has 5 nitrogen and oxygen atoms in total. The van der Waals surface area contributed by atoms with E-state index in [4.69, 9.17) is 4.74 Å². The second-order valence-electron chi connectivity index (χ2n) is 6.60. The van der Waals surface area contributed by atoms with E-state index < -0.39 is 0 Å². The van der Waals surface area contributed by atoms with Gasteiger partial charge in [-0.3, -0.25) is 4.79 Å². The highest BCUT2D eigenvalue weighted by atomic mass is 16.5. The van der Waals surface area contributed by atoms with Crippen molar-refractivity contribution in [2.75, 3.05) is 13.1 Å². The van der Waals surface area contributed by atoms with Crippen LogP contribution in [0.25, 0.3) is 6.08 Å². The Morgan fingerprint density at radius 3 is 2.69 bits per heavy atom. The fourth-order valence-corrected chi connectivity index (χ4v) is 3.06. The number of nitrogens with zero attached hydrogens (tertiary/aromatic N) is 3. The highest BCUT2D eigenvalue weighted by Crippen LogP contribution is 2.18. The van der Waals surface area contributed by atoms with Gasteiger partial charge in [0.2, 0.25) is 5.91 Å². The molecule has 0 spiro atoms. The molecule has 0 bridgehead atoms. The number of rotatable bonds is 5. The third kappa shape index (κ3) is 4.69. The van der Waals surface area contributed by atoms with E-state index in [9.17, 15) is 4.79 Å². The lowest BCUT2D eigenvalue weighted by molar-refractivity contribution is -0.129. The first-order valence-electron chi connectivity index (χ1n) is 9.16. The zero-order chi connectivity index (χ0) is 18.4. The van der Waals surface area contributed by atoms with Gasteiger partial charge in [-0.15, -0.1) is 0 Å². The maximum Gasteiger partial charge on any atom is 0.316 e. The Balaban J connectivity index is 1.62. The molecular weight excluding hydrogens is 326 g/mol. The molecule has 1 amide bonds. The van der Waals surface area contributed by atoms with Crippen molar-refractivity contribution in [3.05, 3.63) is 59.4 Å². The number of carbonyl (C=O) groups excluding carboxylic acids is 1. The lowest BCUT2D eigenvalue weighted by atomic mass is 10.1. The zero-order valence-corrected chi connectivity index (χ0v) is 15.4. The van der Waals surface area contributed by atoms with Crippen molar-refractivity contribution < 1.29 is 9.53 Å². The summed E-state index contributed by atoms with van der Waals surface area (Å²) in [5.74, 6) is 0.0596. The number of aromatic nitrogens is 2. The molecule has 1 aliphatic heterocycles. The largest absolute Gasteiger partial charge is 0.458 e. The Bertz CT molecular complexity index is 757. The van der Waals surface area contributed by atoms with Crippen molar-refractivity contribution in [3.63, 3.8) is 0 Å². The third-order valence-electron chi connectivity index (χ3n) is 4.55. The Hall–Kier alpha value is -2.69. The molecule has 1 fully saturated rings. The summed E-state index contributed by atoms with van der Waals surface area (Å²) in [7, 11) is 0. The summed E-state index contributed by atoms with van der Waals surface area (Å²) in [5, 5.41) is 0. The molecule has 1 saturated heterocycles. The molecule has 1 unspecified atom stereocenters. The minimum absolute atomic E-state index is 0.0596. The molecule has 0 N–H and O–H groups in total. The number of hydrogen-bond donors (Lipinski definition) is 0. The van der Waals surface area contributed by atoms with Crippen molar-refractivity contribution >= 4 is 12.0 Å². The van der Waals surface area contributed by atoms with E-state index in [2.05, 4.69) is 16.9 Å². The minimum Gasteiger partial charge on any atom is -0.458 e. The lowest BCUT2D eigenvalue weighted by Gasteiger charge is -2.32. The molecule has 26 heavy (non-hydrogen) atoms. The SMILES string of the molecule is CCc1cnc(OC2CCCN(C(=O)/C(C)=C/c3ccccc3)C2)nc1. The van der Waals surface area contributed by atoms with Crippen molar-refractivity contribution in [3.8, 4) is 6.01 Å². The number of amides is 1. The summed E-state index contributed by atoms with van der Waals surface area (Å²) in [6, 6.07) is 10.3. The first kappa shape index (κ1) is 18.1. The Labute approximate surface area is 154 Å². The van der Waals surface area contributed by atoms with Crippen LogP contribution in [0.5, 0.6) is 6.01 Å². The maximum absolute atomic E-state index is 12.8. The standard InChI is InChI=1S/C21H25N3O2/c1-3-17-13-22-21(23-14-17)26-19-10-7-11-24(15-19)20(25)16(2)12-18-8-5-4-6-9-18/h4-6,8-9,12-14,19H,3,7,10-11,15H2,1-2H3/b16-12+. The molecule has 1 aromatic carbocycles. The molecule has 2 aromatic rings. The van der Waals surface area contributed by atoms with Crippen molar-refractivity contribution in [1.29, 1.82) is 0 Å². The minimum atomic E-state index is -0.0651. The van der Waals surface area contributed by atoms with Gasteiger partial charge in [0.1, 0.15) is 6.10 Å². The molecule has 2 heterocycles. The molecule has 0 aliphatic carbocycles. The predicted octanol–water partition coefficient (Wildman–Crippen LogP) is 3.51. The number of piperidine rings is 1. The van der Waals surface area contributed by atoms with E-state index >= 15 is 0 Å². The number of benzene rings is 1. The molecule has 1 aliphatic rings. The third-order valence-corrected chi connectivity index (χ3v) is 4.55. The number of likely N-dealkylation sites (tertiary alicyclic amines) is 1. The van der Waals surface area contributed by atoms with E-state index in [1.165, 1.54) is 0 Å². The average Bonchev–Trinajstić information content (AvgIpc) is 2.69. The van der Waals surface area contributed by atoms with Gasteiger partial charge in [0.05, 0.1) is 6.54 Å². The van der Waals surface area contributed by atoms with Gasteiger partial charge in [-0.2, -0.15) is 0 Å².